The van der Waals surface area contributed by atoms with Crippen LogP contribution >= 0.6 is 11.8 Å². The molecule has 2 nitrogen and oxygen atoms in total. The van der Waals surface area contributed by atoms with Crippen molar-refractivity contribution in [3.05, 3.63) is 0 Å². The van der Waals surface area contributed by atoms with Crippen LogP contribution in [0.1, 0.15) is 52.9 Å². The second-order valence-corrected chi connectivity index (χ2v) is 6.35. The summed E-state index contributed by atoms with van der Waals surface area (Å²) in [5.74, 6) is -2.64. The minimum Gasteiger partial charge on any atom is -0.480 e. The molecule has 0 aromatic rings. The van der Waals surface area contributed by atoms with Crippen LogP contribution in [0.5, 0.6) is 0 Å². The van der Waals surface area contributed by atoms with E-state index in [9.17, 15) is 13.6 Å². The highest BCUT2D eigenvalue weighted by Gasteiger charge is 2.27. The molecule has 108 valence electrons. The van der Waals surface area contributed by atoms with E-state index in [4.69, 9.17) is 5.11 Å². The van der Waals surface area contributed by atoms with Gasteiger partial charge >= 0.3 is 5.97 Å². The van der Waals surface area contributed by atoms with Gasteiger partial charge in [0.1, 0.15) is 5.25 Å². The summed E-state index contributed by atoms with van der Waals surface area (Å²) in [4.78, 5) is 11.0. The molecular weight excluding hydrogens is 258 g/mol. The van der Waals surface area contributed by atoms with Crippen molar-refractivity contribution >= 4 is 17.7 Å². The zero-order chi connectivity index (χ0) is 14.2. The molecule has 5 heteroatoms. The van der Waals surface area contributed by atoms with Crippen molar-refractivity contribution in [1.29, 1.82) is 0 Å². The summed E-state index contributed by atoms with van der Waals surface area (Å²) in [5, 5.41) is 8.53. The van der Waals surface area contributed by atoms with Crippen LogP contribution in [0, 0.1) is 5.92 Å². The van der Waals surface area contributed by atoms with E-state index < -0.39 is 17.1 Å². The maximum Gasteiger partial charge on any atom is 0.316 e. The van der Waals surface area contributed by atoms with Crippen LogP contribution in [0.15, 0.2) is 0 Å². The highest BCUT2D eigenvalue weighted by Crippen LogP contribution is 2.28. The summed E-state index contributed by atoms with van der Waals surface area (Å²) in [6.07, 6.45) is 1.23. The van der Waals surface area contributed by atoms with Crippen LogP contribution in [0.3, 0.4) is 0 Å². The van der Waals surface area contributed by atoms with Gasteiger partial charge in [-0.2, -0.15) is 0 Å². The molecule has 0 aliphatic carbocycles. The highest BCUT2D eigenvalue weighted by atomic mass is 32.2. The van der Waals surface area contributed by atoms with Crippen LogP contribution in [0.4, 0.5) is 8.78 Å². The third-order valence-corrected chi connectivity index (χ3v) is 3.90. The minimum absolute atomic E-state index is 0.0774. The Balaban J connectivity index is 3.90. The lowest BCUT2D eigenvalue weighted by molar-refractivity contribution is -0.136. The van der Waals surface area contributed by atoms with E-state index in [1.165, 1.54) is 11.8 Å². The fourth-order valence-electron chi connectivity index (χ4n) is 1.72. The smallest absolute Gasteiger partial charge is 0.316 e. The Morgan fingerprint density at radius 3 is 2.39 bits per heavy atom. The first-order valence-electron chi connectivity index (χ1n) is 6.50. The van der Waals surface area contributed by atoms with Crippen molar-refractivity contribution in [3.63, 3.8) is 0 Å². The van der Waals surface area contributed by atoms with Crippen LogP contribution in [-0.2, 0) is 4.79 Å². The van der Waals surface area contributed by atoms with Gasteiger partial charge in [0.2, 0.25) is 5.92 Å². The molecule has 1 unspecified atom stereocenters. The molecule has 18 heavy (non-hydrogen) atoms. The van der Waals surface area contributed by atoms with E-state index in [1.807, 2.05) is 13.8 Å². The first-order valence-corrected chi connectivity index (χ1v) is 7.55. The molecule has 0 bridgehead atoms. The average Bonchev–Trinajstić information content (AvgIpc) is 2.21. The third-order valence-electron chi connectivity index (χ3n) is 2.58. The second kappa shape index (κ2) is 8.73. The van der Waals surface area contributed by atoms with Crippen LogP contribution in [0.2, 0.25) is 0 Å². The van der Waals surface area contributed by atoms with Crippen molar-refractivity contribution < 1.29 is 18.7 Å². The van der Waals surface area contributed by atoms with Crippen LogP contribution < -0.4 is 0 Å². The molecule has 0 saturated heterocycles. The summed E-state index contributed by atoms with van der Waals surface area (Å²) in [6, 6.07) is 0. The number of hydrogen-bond acceptors (Lipinski definition) is 2. The predicted octanol–water partition coefficient (Wildman–Crippen LogP) is 4.43. The predicted molar refractivity (Wildman–Crippen MR) is 72.4 cm³/mol. The van der Waals surface area contributed by atoms with Crippen molar-refractivity contribution in [3.8, 4) is 0 Å². The molecule has 0 aliphatic heterocycles. The molecule has 0 fully saturated rings. The van der Waals surface area contributed by atoms with E-state index in [-0.39, 0.29) is 12.8 Å². The molecule has 0 spiro atoms. The number of alkyl halides is 2. The van der Waals surface area contributed by atoms with Crippen LogP contribution in [0.25, 0.3) is 0 Å². The lowest BCUT2D eigenvalue weighted by atomic mass is 10.1. The molecule has 1 atom stereocenters. The fourth-order valence-corrected chi connectivity index (χ4v) is 2.97. The lowest BCUT2D eigenvalue weighted by Crippen LogP contribution is -2.20. The number of thioether (sulfide) groups is 1. The Kier molecular flexibility index (Phi) is 8.57. The number of hydrogen-bond donors (Lipinski definition) is 1. The van der Waals surface area contributed by atoms with Gasteiger partial charge in [0.25, 0.3) is 0 Å². The maximum absolute atomic E-state index is 13.2. The van der Waals surface area contributed by atoms with Crippen molar-refractivity contribution in [1.82, 2.24) is 0 Å². The summed E-state index contributed by atoms with van der Waals surface area (Å²) in [7, 11) is 0. The molecule has 0 aromatic carbocycles. The topological polar surface area (TPSA) is 37.3 Å². The second-order valence-electron chi connectivity index (χ2n) is 5.04. The number of carbonyl (C=O) groups is 1. The molecular formula is C13H24F2O2S. The van der Waals surface area contributed by atoms with Gasteiger partial charge in [-0.05, 0) is 24.5 Å². The molecule has 0 aliphatic rings. The lowest BCUT2D eigenvalue weighted by Gasteiger charge is -2.17. The maximum atomic E-state index is 13.2. The van der Waals surface area contributed by atoms with Gasteiger partial charge in [-0.3, -0.25) is 4.79 Å². The van der Waals surface area contributed by atoms with Gasteiger partial charge in [-0.25, -0.2) is 8.78 Å². The first-order chi connectivity index (χ1) is 8.28. The number of halogens is 2. The zero-order valence-corrected chi connectivity index (χ0v) is 12.2. The first kappa shape index (κ1) is 17.7. The molecule has 0 saturated carbocycles. The number of carboxylic acid groups (broad SMARTS) is 1. The molecule has 0 rings (SSSR count). The standard InChI is InChI=1S/C13H24F2O2S/c1-4-6-13(14,15)7-5-8-18-11(12(16)17)9-10(2)3/h10-11H,4-9H2,1-3H3,(H,16,17). The van der Waals surface area contributed by atoms with E-state index in [0.29, 0.717) is 30.9 Å². The molecule has 0 radical (unpaired) electrons. The van der Waals surface area contributed by atoms with E-state index in [0.717, 1.165) is 0 Å². The largest absolute Gasteiger partial charge is 0.480 e. The Morgan fingerprint density at radius 2 is 1.94 bits per heavy atom. The van der Waals surface area contributed by atoms with E-state index >= 15 is 0 Å². The SMILES string of the molecule is CCCC(F)(F)CCCSC(CC(C)C)C(=O)O. The van der Waals surface area contributed by atoms with Crippen molar-refractivity contribution in [2.45, 2.75) is 64.0 Å². The summed E-state index contributed by atoms with van der Waals surface area (Å²) in [6.45, 7) is 5.67. The van der Waals surface area contributed by atoms with Crippen molar-refractivity contribution in [2.75, 3.05) is 5.75 Å². The Bertz CT molecular complexity index is 245. The number of rotatable bonds is 10. The van der Waals surface area contributed by atoms with Gasteiger partial charge in [0, 0.05) is 12.8 Å². The monoisotopic (exact) mass is 282 g/mol. The number of carboxylic acids is 1. The summed E-state index contributed by atoms with van der Waals surface area (Å²) < 4.78 is 26.4. The van der Waals surface area contributed by atoms with E-state index in [2.05, 4.69) is 0 Å². The highest BCUT2D eigenvalue weighted by molar-refractivity contribution is 8.00. The normalized spacial score (nSPS) is 13.9. The van der Waals surface area contributed by atoms with E-state index in [1.54, 1.807) is 6.92 Å². The van der Waals surface area contributed by atoms with Gasteiger partial charge in [-0.15, -0.1) is 11.8 Å². The van der Waals surface area contributed by atoms with Crippen molar-refractivity contribution in [2.24, 2.45) is 5.92 Å². The van der Waals surface area contributed by atoms with Crippen LogP contribution in [-0.4, -0.2) is 28.0 Å². The van der Waals surface area contributed by atoms with Gasteiger partial charge in [0.15, 0.2) is 0 Å². The number of aliphatic carboxylic acids is 1. The van der Waals surface area contributed by atoms with Gasteiger partial charge in [0.05, 0.1) is 0 Å². The Hall–Kier alpha value is -0.320. The quantitative estimate of drug-likeness (QED) is 0.602. The minimum atomic E-state index is -2.59. The molecule has 0 amide bonds. The molecule has 1 N–H and O–H groups in total. The van der Waals surface area contributed by atoms with Gasteiger partial charge < -0.3 is 5.11 Å². The summed E-state index contributed by atoms with van der Waals surface area (Å²) >= 11 is 1.28. The third kappa shape index (κ3) is 8.72. The molecule has 0 heterocycles. The Labute approximate surface area is 113 Å². The zero-order valence-electron chi connectivity index (χ0n) is 11.4. The fraction of sp³-hybridized carbons (Fsp3) is 0.923. The molecule has 0 aromatic heterocycles. The average molecular weight is 282 g/mol. The van der Waals surface area contributed by atoms with Gasteiger partial charge in [-0.1, -0.05) is 27.2 Å². The summed E-state index contributed by atoms with van der Waals surface area (Å²) in [5.41, 5.74) is 0. The Morgan fingerprint density at radius 1 is 1.33 bits per heavy atom.